The number of ketones is 2. The van der Waals surface area contributed by atoms with E-state index < -0.39 is 0 Å². The summed E-state index contributed by atoms with van der Waals surface area (Å²) < 4.78 is 8.64. The number of hydrogen-bond acceptors (Lipinski definition) is 8. The SMILES string of the molecule is C.C.C.C.CC(=O)C=C(C)O.CC(=O)C=C(C)O.CC1(C)c2ccc[c-]c2-n2nc(CCc3cc4n(n3)-c3[c-]cccc3C(C)(C)C4(C)C)cc2C1(C)C.CC1(C)c2ccccc2-n2nc(CCc3cc4n(n3)-c3ccccc3C(C)(C)C4(C)C)cc2C1(C)C.[Pt+2].[Pt]. The van der Waals surface area contributed by atoms with Gasteiger partial charge < -0.3 is 10.2 Å². The van der Waals surface area contributed by atoms with E-state index in [1.807, 2.05) is 12.1 Å². The predicted molar refractivity (Wildman–Crippen MR) is 372 cm³/mol. The molecule has 0 radical (unpaired) electrons. The molecule has 8 heterocycles. The number of carbonyl (C=O) groups excluding carboxylic acids is 2. The van der Waals surface area contributed by atoms with Crippen molar-refractivity contribution in [3.05, 3.63) is 213 Å². The van der Waals surface area contributed by atoms with Gasteiger partial charge in [0, 0.05) is 77.1 Å². The zero-order valence-corrected chi connectivity index (χ0v) is 59.8. The third-order valence-corrected chi connectivity index (χ3v) is 21.0. The number of benzene rings is 4. The van der Waals surface area contributed by atoms with Crippen LogP contribution in [0, 0.1) is 12.1 Å². The molecule has 502 valence electrons. The van der Waals surface area contributed by atoms with Crippen LogP contribution in [0.3, 0.4) is 0 Å². The predicted octanol–water partition coefficient (Wildman–Crippen LogP) is 18.2. The minimum atomic E-state index is -0.125. The molecule has 0 fully saturated rings. The number of allylic oxidation sites excluding steroid dienone is 4. The molecule has 4 aromatic heterocycles. The molecule has 0 aliphatic carbocycles. The molecular formula is C78H106N8O4Pt2. The summed E-state index contributed by atoms with van der Waals surface area (Å²) in [5.41, 5.74) is 19.4. The first-order valence-electron chi connectivity index (χ1n) is 30.4. The summed E-state index contributed by atoms with van der Waals surface area (Å²) in [6.45, 7) is 43.2. The topological polar surface area (TPSA) is 146 Å². The Labute approximate surface area is 581 Å². The van der Waals surface area contributed by atoms with Crippen molar-refractivity contribution >= 4 is 11.6 Å². The quantitative estimate of drug-likeness (QED) is 0.0869. The van der Waals surface area contributed by atoms with Crippen LogP contribution >= 0.6 is 0 Å². The summed E-state index contributed by atoms with van der Waals surface area (Å²) in [6, 6.07) is 46.3. The molecular weight excluding hydrogens is 1500 g/mol. The van der Waals surface area contributed by atoms with E-state index in [1.165, 1.54) is 96.3 Å². The maximum Gasteiger partial charge on any atom is 2.00 e. The van der Waals surface area contributed by atoms with E-state index in [9.17, 15) is 9.59 Å². The fourth-order valence-corrected chi connectivity index (χ4v) is 13.0. The van der Waals surface area contributed by atoms with Gasteiger partial charge in [0.05, 0.1) is 57.1 Å². The zero-order valence-electron chi connectivity index (χ0n) is 55.3. The average molecular weight is 1610 g/mol. The number of fused-ring (bicyclic) bond motifs is 12. The molecule has 0 saturated heterocycles. The molecule has 0 atom stereocenters. The molecule has 2 N–H and O–H groups in total. The van der Waals surface area contributed by atoms with Gasteiger partial charge in [-0.2, -0.15) is 68.9 Å². The Morgan fingerprint density at radius 3 is 0.891 bits per heavy atom. The van der Waals surface area contributed by atoms with Crippen LogP contribution in [0.15, 0.2) is 133 Å². The molecule has 0 spiro atoms. The van der Waals surface area contributed by atoms with Crippen molar-refractivity contribution in [2.75, 3.05) is 0 Å². The first-order valence-corrected chi connectivity index (χ1v) is 30.4. The van der Waals surface area contributed by atoms with Crippen LogP contribution in [0.1, 0.15) is 236 Å². The largest absolute Gasteiger partial charge is 2.00 e. The van der Waals surface area contributed by atoms with Gasteiger partial charge in [0.15, 0.2) is 11.6 Å². The van der Waals surface area contributed by atoms with Gasteiger partial charge in [0.1, 0.15) is 0 Å². The number of rotatable bonds is 8. The fourth-order valence-electron chi connectivity index (χ4n) is 13.0. The average Bonchev–Trinajstić information content (AvgIpc) is 1.48. The second kappa shape index (κ2) is 28.6. The molecule has 0 saturated carbocycles. The summed E-state index contributed by atoms with van der Waals surface area (Å²) in [5, 5.41) is 37.1. The van der Waals surface area contributed by atoms with E-state index in [4.69, 9.17) is 30.6 Å². The molecule has 8 aromatic rings. The fraction of sp³-hybridized carbons (Fsp3) is 0.462. The summed E-state index contributed by atoms with van der Waals surface area (Å²) in [4.78, 5) is 20.0. The van der Waals surface area contributed by atoms with Crippen LogP contribution in [0.25, 0.3) is 22.7 Å². The number of nitrogens with zero attached hydrogens (tertiary/aromatic N) is 8. The van der Waals surface area contributed by atoms with Gasteiger partial charge in [-0.15, -0.1) is 11.1 Å². The van der Waals surface area contributed by atoms with Gasteiger partial charge in [-0.25, -0.2) is 9.36 Å². The number of para-hydroxylation sites is 4. The normalized spacial score (nSPS) is 17.1. The molecule has 12 nitrogen and oxygen atoms in total. The maximum absolute atomic E-state index is 10.0. The minimum absolute atomic E-state index is 0. The Kier molecular flexibility index (Phi) is 24.8. The third kappa shape index (κ3) is 13.7. The smallest absolute Gasteiger partial charge is 0.512 e. The molecule has 0 bridgehead atoms. The van der Waals surface area contributed by atoms with Gasteiger partial charge in [-0.3, -0.25) is 19.0 Å². The Bertz CT molecular complexity index is 3490. The first-order chi connectivity index (χ1) is 40.0. The Hall–Kier alpha value is -6.48. The Morgan fingerprint density at radius 1 is 0.391 bits per heavy atom. The van der Waals surface area contributed by atoms with Gasteiger partial charge in [0.2, 0.25) is 0 Å². The second-order valence-corrected chi connectivity index (χ2v) is 28.4. The van der Waals surface area contributed by atoms with Crippen molar-refractivity contribution in [3.8, 4) is 22.7 Å². The molecule has 14 heteroatoms. The molecule has 4 aromatic carbocycles. The number of carbonyl (C=O) groups is 2. The number of aromatic nitrogens is 8. The van der Waals surface area contributed by atoms with Crippen molar-refractivity contribution in [3.63, 3.8) is 0 Å². The molecule has 4 aliphatic rings. The second-order valence-electron chi connectivity index (χ2n) is 28.4. The van der Waals surface area contributed by atoms with E-state index in [2.05, 4.69) is 239 Å². The van der Waals surface area contributed by atoms with Gasteiger partial charge in [-0.1, -0.05) is 177 Å². The summed E-state index contributed by atoms with van der Waals surface area (Å²) in [6.07, 6.45) is 5.79. The molecule has 0 amide bonds. The van der Waals surface area contributed by atoms with E-state index in [0.717, 1.165) is 59.8 Å². The van der Waals surface area contributed by atoms with Crippen LogP contribution in [0.4, 0.5) is 0 Å². The summed E-state index contributed by atoms with van der Waals surface area (Å²) in [7, 11) is 0. The molecule has 4 aliphatic heterocycles. The third-order valence-electron chi connectivity index (χ3n) is 21.0. The van der Waals surface area contributed by atoms with Gasteiger partial charge in [-0.05, 0) is 123 Å². The van der Waals surface area contributed by atoms with Crippen molar-refractivity contribution in [1.82, 2.24) is 39.1 Å². The van der Waals surface area contributed by atoms with Crippen LogP contribution in [0.5, 0.6) is 0 Å². The van der Waals surface area contributed by atoms with Gasteiger partial charge >= 0.3 is 21.1 Å². The summed E-state index contributed by atoms with van der Waals surface area (Å²) in [5.74, 6) is -0.125. The summed E-state index contributed by atoms with van der Waals surface area (Å²) >= 11 is 0. The standard InChI is InChI=1S/C32H38N4.C32H36N4.2C5H8O2.4CH4.2Pt/c2*1-29(2)23-13-9-11-15-25(23)35-27(31(29,5)6)19-21(33-35)17-18-22-20-28-32(7,8)30(3,4)24-14-10-12-16-26(24)36(28)34-22;2*1-4(6)3-5(2)7;;;;;;/h9-16,19-20H,17-18H2,1-8H3;9-14,19-20H,17-18H2,1-8H3;2*3,6H,1-2H3;4*1H4;;/q;-2;;;;;;;;+2. The number of aliphatic hydroxyl groups is 2. The Morgan fingerprint density at radius 2 is 0.630 bits per heavy atom. The van der Waals surface area contributed by atoms with Gasteiger partial charge in [0.25, 0.3) is 0 Å². The number of aryl methyl sites for hydroxylation is 4. The van der Waals surface area contributed by atoms with Crippen molar-refractivity contribution < 1.29 is 61.9 Å². The van der Waals surface area contributed by atoms with Crippen molar-refractivity contribution in [1.29, 1.82) is 0 Å². The molecule has 12 rings (SSSR count). The van der Waals surface area contributed by atoms with Crippen molar-refractivity contribution in [2.24, 2.45) is 0 Å². The number of hydrogen-bond donors (Lipinski definition) is 2. The zero-order chi connectivity index (χ0) is 63.1. The van der Waals surface area contributed by atoms with Crippen LogP contribution in [-0.4, -0.2) is 60.9 Å². The van der Waals surface area contributed by atoms with E-state index in [0.29, 0.717) is 0 Å². The van der Waals surface area contributed by atoms with E-state index in [1.54, 1.807) is 0 Å². The molecule has 92 heavy (non-hydrogen) atoms. The Balaban J connectivity index is 0.000000377. The first kappa shape index (κ1) is 79.8. The van der Waals surface area contributed by atoms with E-state index in [-0.39, 0.29) is 138 Å². The maximum atomic E-state index is 10.0. The van der Waals surface area contributed by atoms with Crippen LogP contribution < -0.4 is 0 Å². The monoisotopic (exact) mass is 1610 g/mol. The van der Waals surface area contributed by atoms with Crippen molar-refractivity contribution in [2.45, 2.75) is 237 Å². The van der Waals surface area contributed by atoms with E-state index >= 15 is 0 Å². The van der Waals surface area contributed by atoms with Crippen LogP contribution in [0.2, 0.25) is 0 Å². The minimum Gasteiger partial charge on any atom is -0.512 e. The number of aliphatic hydroxyl groups excluding tert-OH is 2. The van der Waals surface area contributed by atoms with Crippen LogP contribution in [-0.2, 0) is 121 Å². The molecule has 0 unspecified atom stereocenters.